The van der Waals surface area contributed by atoms with Gasteiger partial charge in [0.1, 0.15) is 0 Å². The zero-order valence-electron chi connectivity index (χ0n) is 18.4. The van der Waals surface area contributed by atoms with Gasteiger partial charge in [-0.2, -0.15) is 0 Å². The summed E-state index contributed by atoms with van der Waals surface area (Å²) in [4.78, 5) is 2.44. The molecule has 0 spiro atoms. The van der Waals surface area contributed by atoms with Crippen LogP contribution in [0.1, 0.15) is 38.5 Å². The van der Waals surface area contributed by atoms with Crippen LogP contribution in [0.4, 0.5) is 17.1 Å². The minimum atomic E-state index is -3.82. The fourth-order valence-corrected chi connectivity index (χ4v) is 7.12. The van der Waals surface area contributed by atoms with Gasteiger partial charge in [-0.05, 0) is 86.5 Å². The second-order valence-electron chi connectivity index (χ2n) is 9.34. The molecule has 2 saturated carbocycles. The van der Waals surface area contributed by atoms with Crippen molar-refractivity contribution >= 4 is 56.0 Å². The van der Waals surface area contributed by atoms with Gasteiger partial charge in [0.25, 0.3) is 10.0 Å². The zero-order chi connectivity index (χ0) is 23.0. The SMILES string of the molecule is O=S(=O)(Nc1ccccc1Cl)c1ccc(N2CCCC2)c(NC(=S)N[C@H]2C[C@H]3CC[C@H]2C3)c1. The number of nitrogens with one attached hydrogen (secondary N) is 3. The molecule has 0 aromatic heterocycles. The van der Waals surface area contributed by atoms with E-state index < -0.39 is 10.0 Å². The summed E-state index contributed by atoms with van der Waals surface area (Å²) in [5, 5.41) is 7.73. The number of anilines is 3. The predicted molar refractivity (Wildman–Crippen MR) is 139 cm³/mol. The predicted octanol–water partition coefficient (Wildman–Crippen LogP) is 5.22. The number of halogens is 1. The van der Waals surface area contributed by atoms with Crippen LogP contribution in [0.2, 0.25) is 5.02 Å². The third kappa shape index (κ3) is 4.93. The summed E-state index contributed by atoms with van der Waals surface area (Å²) < 4.78 is 28.9. The molecule has 1 saturated heterocycles. The average molecular weight is 505 g/mol. The van der Waals surface area contributed by atoms with Gasteiger partial charge < -0.3 is 15.5 Å². The van der Waals surface area contributed by atoms with Gasteiger partial charge in [-0.1, -0.05) is 30.2 Å². The van der Waals surface area contributed by atoms with Crippen molar-refractivity contribution in [1.82, 2.24) is 5.32 Å². The highest BCUT2D eigenvalue weighted by Crippen LogP contribution is 2.44. The molecule has 0 unspecified atom stereocenters. The lowest BCUT2D eigenvalue weighted by atomic mass is 9.95. The summed E-state index contributed by atoms with van der Waals surface area (Å²) >= 11 is 11.8. The van der Waals surface area contributed by atoms with Gasteiger partial charge in [0.15, 0.2) is 5.11 Å². The van der Waals surface area contributed by atoms with Crippen molar-refractivity contribution in [1.29, 1.82) is 0 Å². The quantitative estimate of drug-likeness (QED) is 0.469. The Morgan fingerprint density at radius 1 is 1.03 bits per heavy atom. The minimum absolute atomic E-state index is 0.163. The molecule has 3 N–H and O–H groups in total. The molecule has 3 atom stereocenters. The van der Waals surface area contributed by atoms with Gasteiger partial charge in [-0.25, -0.2) is 8.42 Å². The van der Waals surface area contributed by atoms with Crippen molar-refractivity contribution in [3.05, 3.63) is 47.5 Å². The van der Waals surface area contributed by atoms with Gasteiger partial charge in [-0.15, -0.1) is 0 Å². The molecule has 3 fully saturated rings. The summed E-state index contributed by atoms with van der Waals surface area (Å²) in [6, 6.07) is 12.4. The number of rotatable bonds is 6. The van der Waals surface area contributed by atoms with Crippen molar-refractivity contribution in [2.45, 2.75) is 49.5 Å². The first kappa shape index (κ1) is 22.7. The summed E-state index contributed by atoms with van der Waals surface area (Å²) in [6.45, 7) is 1.90. The van der Waals surface area contributed by atoms with Gasteiger partial charge >= 0.3 is 0 Å². The van der Waals surface area contributed by atoms with E-state index >= 15 is 0 Å². The molecular weight excluding hydrogens is 476 g/mol. The molecule has 2 bridgehead atoms. The number of benzene rings is 2. The van der Waals surface area contributed by atoms with Crippen molar-refractivity contribution in [2.24, 2.45) is 11.8 Å². The smallest absolute Gasteiger partial charge is 0.262 e. The van der Waals surface area contributed by atoms with Gasteiger partial charge in [0, 0.05) is 19.1 Å². The van der Waals surface area contributed by atoms with E-state index in [9.17, 15) is 8.42 Å². The largest absolute Gasteiger partial charge is 0.370 e. The maximum Gasteiger partial charge on any atom is 0.262 e. The van der Waals surface area contributed by atoms with Gasteiger partial charge in [-0.3, -0.25) is 4.72 Å². The van der Waals surface area contributed by atoms with E-state index in [2.05, 4.69) is 20.3 Å². The Kier molecular flexibility index (Phi) is 6.42. The molecule has 0 radical (unpaired) electrons. The van der Waals surface area contributed by atoms with Gasteiger partial charge in [0.05, 0.1) is 27.0 Å². The molecule has 2 aliphatic carbocycles. The van der Waals surface area contributed by atoms with E-state index in [1.807, 2.05) is 6.07 Å². The van der Waals surface area contributed by atoms with Crippen LogP contribution in [0.25, 0.3) is 0 Å². The molecule has 33 heavy (non-hydrogen) atoms. The van der Waals surface area contributed by atoms with E-state index in [4.69, 9.17) is 23.8 Å². The van der Waals surface area contributed by atoms with Crippen molar-refractivity contribution in [3.8, 4) is 0 Å². The van der Waals surface area contributed by atoms with Crippen LogP contribution in [0.5, 0.6) is 0 Å². The van der Waals surface area contributed by atoms with Crippen molar-refractivity contribution in [2.75, 3.05) is 28.0 Å². The number of hydrogen-bond donors (Lipinski definition) is 3. The fourth-order valence-electron chi connectivity index (χ4n) is 5.51. The third-order valence-corrected chi connectivity index (χ3v) is 9.06. The lowest BCUT2D eigenvalue weighted by Gasteiger charge is -2.27. The molecule has 2 aromatic carbocycles. The van der Waals surface area contributed by atoms with Crippen LogP contribution in [0.3, 0.4) is 0 Å². The standard InChI is InChI=1S/C24H29ClN4O2S2/c25-19-5-1-2-6-20(19)28-33(30,31)18-9-10-23(29-11-3-4-12-29)22(15-18)27-24(32)26-21-14-16-7-8-17(21)13-16/h1-2,5-6,9-10,15-17,21,28H,3-4,7-8,11-14H2,(H2,26,27,32)/t16-,17-,21-/m0/s1. The highest BCUT2D eigenvalue weighted by molar-refractivity contribution is 7.92. The first-order chi connectivity index (χ1) is 15.9. The molecule has 1 heterocycles. The molecular formula is C24H29ClN4O2S2. The first-order valence-electron chi connectivity index (χ1n) is 11.6. The Morgan fingerprint density at radius 3 is 2.52 bits per heavy atom. The van der Waals surface area contributed by atoms with E-state index in [1.165, 1.54) is 25.7 Å². The number of nitrogens with zero attached hydrogens (tertiary/aromatic N) is 1. The Labute approximate surface area is 206 Å². The van der Waals surface area contributed by atoms with Crippen molar-refractivity contribution < 1.29 is 8.42 Å². The van der Waals surface area contributed by atoms with E-state index in [0.29, 0.717) is 33.5 Å². The highest BCUT2D eigenvalue weighted by Gasteiger charge is 2.39. The molecule has 2 aromatic rings. The molecule has 5 rings (SSSR count). The maximum absolute atomic E-state index is 13.1. The number of fused-ring (bicyclic) bond motifs is 2. The summed E-state index contributed by atoms with van der Waals surface area (Å²) in [7, 11) is -3.82. The van der Waals surface area contributed by atoms with Crippen LogP contribution >= 0.6 is 23.8 Å². The molecule has 6 nitrogen and oxygen atoms in total. The van der Waals surface area contributed by atoms with Crippen molar-refractivity contribution in [3.63, 3.8) is 0 Å². The molecule has 1 aliphatic heterocycles. The molecule has 3 aliphatic rings. The lowest BCUT2D eigenvalue weighted by molar-refractivity contribution is 0.392. The Morgan fingerprint density at radius 2 is 1.82 bits per heavy atom. The normalized spacial score (nSPS) is 24.2. The molecule has 9 heteroatoms. The average Bonchev–Trinajstić information content (AvgIpc) is 3.54. The Bertz CT molecular complexity index is 1150. The first-order valence-corrected chi connectivity index (χ1v) is 13.9. The van der Waals surface area contributed by atoms with Crippen LogP contribution in [-0.2, 0) is 10.0 Å². The number of para-hydroxylation sites is 1. The highest BCUT2D eigenvalue weighted by atomic mass is 35.5. The Balaban J connectivity index is 1.39. The van der Waals surface area contributed by atoms with Crippen LogP contribution in [-0.4, -0.2) is 32.7 Å². The second kappa shape index (κ2) is 9.31. The topological polar surface area (TPSA) is 73.5 Å². The number of sulfonamides is 1. The van der Waals surface area contributed by atoms with Gasteiger partial charge in [0.2, 0.25) is 0 Å². The summed E-state index contributed by atoms with van der Waals surface area (Å²) in [5.41, 5.74) is 2.03. The van der Waals surface area contributed by atoms with E-state index in [-0.39, 0.29) is 4.90 Å². The third-order valence-electron chi connectivity index (χ3n) is 7.15. The second-order valence-corrected chi connectivity index (χ2v) is 11.8. The lowest BCUT2D eigenvalue weighted by Crippen LogP contribution is -2.41. The van der Waals surface area contributed by atoms with Crippen LogP contribution < -0.4 is 20.3 Å². The fraction of sp³-hybridized carbons (Fsp3) is 0.458. The molecule has 176 valence electrons. The monoisotopic (exact) mass is 504 g/mol. The number of thiocarbonyl (C=S) groups is 1. The maximum atomic E-state index is 13.1. The summed E-state index contributed by atoms with van der Waals surface area (Å²) in [5.74, 6) is 1.51. The zero-order valence-corrected chi connectivity index (χ0v) is 20.8. The molecule has 0 amide bonds. The Hall–Kier alpha value is -2.03. The van der Waals surface area contributed by atoms with Crippen LogP contribution in [0.15, 0.2) is 47.4 Å². The van der Waals surface area contributed by atoms with E-state index in [1.54, 1.807) is 36.4 Å². The minimum Gasteiger partial charge on any atom is -0.370 e. The summed E-state index contributed by atoms with van der Waals surface area (Å²) in [6.07, 6.45) is 7.32. The van der Waals surface area contributed by atoms with Crippen LogP contribution in [0, 0.1) is 11.8 Å². The number of hydrogen-bond acceptors (Lipinski definition) is 4. The van der Waals surface area contributed by atoms with E-state index in [0.717, 1.165) is 37.5 Å².